The van der Waals surface area contributed by atoms with Crippen LogP contribution in [0.3, 0.4) is 0 Å². The first-order valence-electron chi connectivity index (χ1n) is 4.19. The Morgan fingerprint density at radius 2 is 2.31 bits per heavy atom. The van der Waals surface area contributed by atoms with E-state index >= 15 is 0 Å². The van der Waals surface area contributed by atoms with E-state index in [4.69, 9.17) is 11.6 Å². The van der Waals surface area contributed by atoms with Crippen LogP contribution in [0.15, 0.2) is 28.2 Å². The average Bonchev–Trinajstić information content (AvgIpc) is 2.74. The number of rotatable bonds is 2. The number of carbonyl (C=O) groups excluding carboxylic acids is 1. The molecule has 1 N–H and O–H groups in total. The Hall–Kier alpha value is -0.980. The minimum absolute atomic E-state index is 0.303. The van der Waals surface area contributed by atoms with Crippen molar-refractivity contribution in [1.82, 2.24) is 10.2 Å². The quantitative estimate of drug-likeness (QED) is 0.925. The number of nitrogens with one attached hydrogen (secondary N) is 1. The molecule has 1 amide bonds. The van der Waals surface area contributed by atoms with E-state index in [1.165, 1.54) is 16.8 Å². The Morgan fingerprint density at radius 1 is 1.50 bits per heavy atom. The van der Waals surface area contributed by atoms with Crippen LogP contribution in [-0.2, 0) is 0 Å². The van der Waals surface area contributed by atoms with Gasteiger partial charge in [-0.25, -0.2) is 0 Å². The third-order valence-electron chi connectivity index (χ3n) is 1.75. The minimum atomic E-state index is -0.303. The molecule has 2 aromatic rings. The molecule has 0 saturated carbocycles. The van der Waals surface area contributed by atoms with E-state index in [0.717, 1.165) is 4.47 Å². The number of nitrogens with zero attached hydrogens (tertiary/aromatic N) is 2. The fraction of sp³-hybridized carbons (Fsp3) is 0. The number of carbonyl (C=O) groups is 1. The maximum atomic E-state index is 11.8. The highest BCUT2D eigenvalue weighted by molar-refractivity contribution is 9.10. The van der Waals surface area contributed by atoms with Crippen LogP contribution < -0.4 is 5.32 Å². The minimum Gasteiger partial charge on any atom is -0.296 e. The van der Waals surface area contributed by atoms with Crippen LogP contribution in [0, 0.1) is 0 Å². The van der Waals surface area contributed by atoms with Gasteiger partial charge in [-0.3, -0.25) is 10.1 Å². The van der Waals surface area contributed by atoms with Crippen LogP contribution in [-0.4, -0.2) is 16.1 Å². The Bertz CT molecular complexity index is 517. The predicted octanol–water partition coefficient (Wildman–Crippen LogP) is 3.21. The largest absolute Gasteiger partial charge is 0.296 e. The van der Waals surface area contributed by atoms with Gasteiger partial charge >= 0.3 is 0 Å². The maximum absolute atomic E-state index is 11.8. The Balaban J connectivity index is 2.24. The van der Waals surface area contributed by atoms with Crippen molar-refractivity contribution in [2.75, 3.05) is 5.32 Å². The summed E-state index contributed by atoms with van der Waals surface area (Å²) < 4.78 is 0.791. The summed E-state index contributed by atoms with van der Waals surface area (Å²) in [6.45, 7) is 0. The van der Waals surface area contributed by atoms with Crippen molar-refractivity contribution >= 4 is 49.9 Å². The SMILES string of the molecule is O=C(Nc1nncs1)c1cc(Br)ccc1Cl. The van der Waals surface area contributed by atoms with Gasteiger partial charge in [0.2, 0.25) is 5.13 Å². The standard InChI is InChI=1S/C9H5BrClN3OS/c10-5-1-2-7(11)6(3-5)8(15)13-9-14-12-4-16-9/h1-4H,(H,13,14,15). The molecule has 16 heavy (non-hydrogen) atoms. The van der Waals surface area contributed by atoms with Gasteiger partial charge in [0.25, 0.3) is 5.91 Å². The summed E-state index contributed by atoms with van der Waals surface area (Å²) >= 11 is 10.4. The van der Waals surface area contributed by atoms with Gasteiger partial charge in [0.1, 0.15) is 5.51 Å². The van der Waals surface area contributed by atoms with E-state index in [9.17, 15) is 4.79 Å². The van der Waals surface area contributed by atoms with Crippen molar-refractivity contribution in [3.8, 4) is 0 Å². The molecule has 82 valence electrons. The second-order valence-corrected chi connectivity index (χ2v) is 4.98. The fourth-order valence-corrected chi connectivity index (χ4v) is 2.07. The smallest absolute Gasteiger partial charge is 0.259 e. The van der Waals surface area contributed by atoms with Crippen molar-refractivity contribution in [3.63, 3.8) is 0 Å². The van der Waals surface area contributed by atoms with Gasteiger partial charge in [0.15, 0.2) is 0 Å². The van der Waals surface area contributed by atoms with E-state index in [2.05, 4.69) is 31.4 Å². The Kier molecular flexibility index (Phi) is 3.52. The molecule has 0 atom stereocenters. The van der Waals surface area contributed by atoms with Crippen LogP contribution in [0.2, 0.25) is 5.02 Å². The van der Waals surface area contributed by atoms with Crippen molar-refractivity contribution in [1.29, 1.82) is 0 Å². The summed E-state index contributed by atoms with van der Waals surface area (Å²) in [6.07, 6.45) is 0. The highest BCUT2D eigenvalue weighted by Gasteiger charge is 2.12. The van der Waals surface area contributed by atoms with Crippen LogP contribution in [0.5, 0.6) is 0 Å². The zero-order valence-electron chi connectivity index (χ0n) is 7.78. The molecule has 1 aromatic heterocycles. The van der Waals surface area contributed by atoms with Gasteiger partial charge < -0.3 is 0 Å². The normalized spacial score (nSPS) is 10.1. The van der Waals surface area contributed by atoms with Gasteiger partial charge in [0.05, 0.1) is 10.6 Å². The zero-order valence-corrected chi connectivity index (χ0v) is 10.9. The molecular weight excluding hydrogens is 314 g/mol. The molecule has 0 unspecified atom stereocenters. The molecule has 1 aromatic carbocycles. The average molecular weight is 319 g/mol. The van der Waals surface area contributed by atoms with Crippen molar-refractivity contribution < 1.29 is 4.79 Å². The van der Waals surface area contributed by atoms with Gasteiger partial charge in [-0.05, 0) is 18.2 Å². The van der Waals surface area contributed by atoms with Crippen molar-refractivity contribution in [3.05, 3.63) is 38.8 Å². The first-order chi connectivity index (χ1) is 7.66. The second kappa shape index (κ2) is 4.90. The van der Waals surface area contributed by atoms with Gasteiger partial charge in [0, 0.05) is 4.47 Å². The molecule has 1 heterocycles. The molecule has 0 spiro atoms. The summed E-state index contributed by atoms with van der Waals surface area (Å²) in [7, 11) is 0. The lowest BCUT2D eigenvalue weighted by Crippen LogP contribution is -2.12. The lowest BCUT2D eigenvalue weighted by Gasteiger charge is -2.03. The Morgan fingerprint density at radius 3 is 3.00 bits per heavy atom. The summed E-state index contributed by atoms with van der Waals surface area (Å²) in [5.41, 5.74) is 1.93. The zero-order chi connectivity index (χ0) is 11.5. The van der Waals surface area contributed by atoms with Crippen LogP contribution >= 0.6 is 38.9 Å². The van der Waals surface area contributed by atoms with Crippen molar-refractivity contribution in [2.45, 2.75) is 0 Å². The van der Waals surface area contributed by atoms with E-state index in [-0.39, 0.29) is 5.91 Å². The van der Waals surface area contributed by atoms with Crippen molar-refractivity contribution in [2.24, 2.45) is 0 Å². The number of hydrogen-bond donors (Lipinski definition) is 1. The van der Waals surface area contributed by atoms with Crippen LogP contribution in [0.4, 0.5) is 5.13 Å². The molecule has 0 bridgehead atoms. The summed E-state index contributed by atoms with van der Waals surface area (Å²) in [5, 5.41) is 10.8. The molecule has 0 fully saturated rings. The first-order valence-corrected chi connectivity index (χ1v) is 6.24. The highest BCUT2D eigenvalue weighted by atomic mass is 79.9. The molecule has 4 nitrogen and oxygen atoms in total. The molecule has 0 aliphatic rings. The first kappa shape index (κ1) is 11.5. The number of aromatic nitrogens is 2. The van der Waals surface area contributed by atoms with E-state index < -0.39 is 0 Å². The Labute approximate surface area is 109 Å². The van der Waals surface area contributed by atoms with Gasteiger partial charge in [-0.2, -0.15) is 0 Å². The van der Waals surface area contributed by atoms with Crippen LogP contribution in [0.25, 0.3) is 0 Å². The number of halogens is 2. The third kappa shape index (κ3) is 2.58. The number of anilines is 1. The summed E-state index contributed by atoms with van der Waals surface area (Å²) in [6, 6.07) is 5.07. The molecule has 2 rings (SSSR count). The van der Waals surface area contributed by atoms with Gasteiger partial charge in [-0.15, -0.1) is 10.2 Å². The summed E-state index contributed by atoms with van der Waals surface area (Å²) in [5.74, 6) is -0.303. The highest BCUT2D eigenvalue weighted by Crippen LogP contribution is 2.22. The molecular formula is C9H5BrClN3OS. The van der Waals surface area contributed by atoms with E-state index in [1.807, 2.05) is 0 Å². The second-order valence-electron chi connectivity index (χ2n) is 2.82. The fourth-order valence-electron chi connectivity index (χ4n) is 1.06. The van der Waals surface area contributed by atoms with E-state index in [1.54, 1.807) is 18.2 Å². The maximum Gasteiger partial charge on any atom is 0.259 e. The van der Waals surface area contributed by atoms with Crippen LogP contribution in [0.1, 0.15) is 10.4 Å². The lowest BCUT2D eigenvalue weighted by atomic mass is 10.2. The molecule has 0 radical (unpaired) electrons. The predicted molar refractivity (Wildman–Crippen MR) is 67.0 cm³/mol. The molecule has 7 heteroatoms. The number of benzene rings is 1. The van der Waals surface area contributed by atoms with E-state index in [0.29, 0.717) is 15.7 Å². The number of hydrogen-bond acceptors (Lipinski definition) is 4. The van der Waals surface area contributed by atoms with Gasteiger partial charge in [-0.1, -0.05) is 38.9 Å². The molecule has 0 saturated heterocycles. The summed E-state index contributed by atoms with van der Waals surface area (Å²) in [4.78, 5) is 11.8. The topological polar surface area (TPSA) is 54.9 Å². The third-order valence-corrected chi connectivity index (χ3v) is 3.18. The monoisotopic (exact) mass is 317 g/mol. The lowest BCUT2D eigenvalue weighted by molar-refractivity contribution is 0.102. The molecule has 0 aliphatic carbocycles. The molecule has 0 aliphatic heterocycles. The number of amides is 1.